The number of likely N-dealkylation sites (tertiary alicyclic amines) is 1. The van der Waals surface area contributed by atoms with Crippen molar-refractivity contribution in [2.24, 2.45) is 0 Å². The summed E-state index contributed by atoms with van der Waals surface area (Å²) in [6, 6.07) is 0.396. The molecule has 1 heterocycles. The number of likely N-dealkylation sites (N-methyl/N-ethyl adjacent to an activating group) is 1. The molecule has 1 aliphatic heterocycles. The second-order valence-electron chi connectivity index (χ2n) is 4.86. The van der Waals surface area contributed by atoms with Gasteiger partial charge in [-0.3, -0.25) is 4.79 Å². The predicted molar refractivity (Wildman–Crippen MR) is 71.1 cm³/mol. The van der Waals surface area contributed by atoms with Crippen LogP contribution in [0.4, 0.5) is 0 Å². The molecule has 0 aliphatic carbocycles. The zero-order chi connectivity index (χ0) is 12.7. The van der Waals surface area contributed by atoms with E-state index >= 15 is 0 Å². The van der Waals surface area contributed by atoms with Crippen LogP contribution in [0.5, 0.6) is 0 Å². The van der Waals surface area contributed by atoms with Crippen LogP contribution in [-0.4, -0.2) is 61.0 Å². The highest BCUT2D eigenvalue weighted by Gasteiger charge is 2.15. The summed E-state index contributed by atoms with van der Waals surface area (Å²) >= 11 is 0. The minimum absolute atomic E-state index is 0.211. The number of amides is 1. The van der Waals surface area contributed by atoms with Crippen molar-refractivity contribution in [1.82, 2.24) is 15.1 Å². The van der Waals surface area contributed by atoms with Crippen molar-refractivity contribution in [2.75, 3.05) is 39.3 Å². The molecule has 0 saturated carbocycles. The summed E-state index contributed by atoms with van der Waals surface area (Å²) in [5.74, 6) is 0.211. The third kappa shape index (κ3) is 5.04. The molecule has 0 aromatic carbocycles. The normalized spacial score (nSPS) is 18.3. The monoisotopic (exact) mass is 241 g/mol. The van der Waals surface area contributed by atoms with Gasteiger partial charge in [-0.15, -0.1) is 0 Å². The molecule has 1 unspecified atom stereocenters. The van der Waals surface area contributed by atoms with Crippen LogP contribution in [0, 0.1) is 0 Å². The van der Waals surface area contributed by atoms with E-state index in [1.807, 2.05) is 18.7 Å². The fraction of sp³-hybridized carbons (Fsp3) is 0.923. The van der Waals surface area contributed by atoms with Crippen molar-refractivity contribution >= 4 is 5.91 Å². The maximum Gasteiger partial charge on any atom is 0.236 e. The van der Waals surface area contributed by atoms with Crippen molar-refractivity contribution in [3.63, 3.8) is 0 Å². The average Bonchev–Trinajstić information content (AvgIpc) is 2.81. The van der Waals surface area contributed by atoms with Crippen LogP contribution < -0.4 is 5.32 Å². The molecule has 0 bridgehead atoms. The van der Waals surface area contributed by atoms with E-state index in [2.05, 4.69) is 17.1 Å². The molecular weight excluding hydrogens is 214 g/mol. The smallest absolute Gasteiger partial charge is 0.236 e. The van der Waals surface area contributed by atoms with Gasteiger partial charge >= 0.3 is 0 Å². The first-order chi connectivity index (χ1) is 8.17. The zero-order valence-corrected chi connectivity index (χ0v) is 11.5. The molecule has 100 valence electrons. The summed E-state index contributed by atoms with van der Waals surface area (Å²) in [6.45, 7) is 11.8. The molecular formula is C13H27N3O. The largest absolute Gasteiger partial charge is 0.342 e. The van der Waals surface area contributed by atoms with Gasteiger partial charge in [0.15, 0.2) is 0 Å². The molecule has 0 aromatic rings. The molecule has 1 aliphatic rings. The van der Waals surface area contributed by atoms with Crippen LogP contribution in [0.1, 0.15) is 33.6 Å². The Morgan fingerprint density at radius 1 is 1.29 bits per heavy atom. The zero-order valence-electron chi connectivity index (χ0n) is 11.5. The molecule has 17 heavy (non-hydrogen) atoms. The van der Waals surface area contributed by atoms with E-state index in [1.54, 1.807) is 0 Å². The Morgan fingerprint density at radius 2 is 1.88 bits per heavy atom. The van der Waals surface area contributed by atoms with Gasteiger partial charge in [-0.25, -0.2) is 0 Å². The maximum absolute atomic E-state index is 11.8. The second-order valence-corrected chi connectivity index (χ2v) is 4.86. The number of nitrogens with zero attached hydrogens (tertiary/aromatic N) is 2. The Kier molecular flexibility index (Phi) is 6.52. The summed E-state index contributed by atoms with van der Waals surface area (Å²) in [5, 5.41) is 3.33. The molecule has 1 N–H and O–H groups in total. The standard InChI is InChI=1S/C13H27N3O/c1-4-16(5-2)13(17)10-14-12(3)11-15-8-6-7-9-15/h12,14H,4-11H2,1-3H3. The number of hydrogen-bond donors (Lipinski definition) is 1. The summed E-state index contributed by atoms with van der Waals surface area (Å²) in [7, 11) is 0. The van der Waals surface area contributed by atoms with E-state index in [-0.39, 0.29) is 5.91 Å². The van der Waals surface area contributed by atoms with Gasteiger partial charge < -0.3 is 15.1 Å². The van der Waals surface area contributed by atoms with Gasteiger partial charge in [0.2, 0.25) is 5.91 Å². The molecule has 1 rings (SSSR count). The van der Waals surface area contributed by atoms with Gasteiger partial charge in [0.1, 0.15) is 0 Å². The second kappa shape index (κ2) is 7.67. The van der Waals surface area contributed by atoms with Gasteiger partial charge in [0.25, 0.3) is 0 Å². The number of hydrogen-bond acceptors (Lipinski definition) is 3. The van der Waals surface area contributed by atoms with Crippen LogP contribution in [0.3, 0.4) is 0 Å². The highest BCUT2D eigenvalue weighted by molar-refractivity contribution is 5.78. The van der Waals surface area contributed by atoms with Gasteiger partial charge in [0.05, 0.1) is 6.54 Å². The molecule has 4 heteroatoms. The van der Waals surface area contributed by atoms with Crippen LogP contribution in [0.15, 0.2) is 0 Å². The van der Waals surface area contributed by atoms with E-state index < -0.39 is 0 Å². The molecule has 0 aromatic heterocycles. The molecule has 1 fully saturated rings. The Morgan fingerprint density at radius 3 is 2.41 bits per heavy atom. The quantitative estimate of drug-likeness (QED) is 0.720. The number of carbonyl (C=O) groups is 1. The van der Waals surface area contributed by atoms with Gasteiger partial charge in [-0.1, -0.05) is 0 Å². The molecule has 0 spiro atoms. The lowest BCUT2D eigenvalue weighted by Gasteiger charge is -2.23. The van der Waals surface area contributed by atoms with Crippen LogP contribution in [0.2, 0.25) is 0 Å². The Labute approximate surface area is 105 Å². The molecule has 0 radical (unpaired) electrons. The van der Waals surface area contributed by atoms with Gasteiger partial charge in [-0.05, 0) is 46.7 Å². The van der Waals surface area contributed by atoms with Crippen LogP contribution >= 0.6 is 0 Å². The topological polar surface area (TPSA) is 35.6 Å². The van der Waals surface area contributed by atoms with Gasteiger partial charge in [-0.2, -0.15) is 0 Å². The minimum atomic E-state index is 0.211. The molecule has 1 amide bonds. The first-order valence-corrected chi connectivity index (χ1v) is 6.90. The summed E-state index contributed by atoms with van der Waals surface area (Å²) in [4.78, 5) is 16.1. The lowest BCUT2D eigenvalue weighted by molar-refractivity contribution is -0.130. The Hall–Kier alpha value is -0.610. The Bertz CT molecular complexity index is 223. The fourth-order valence-electron chi connectivity index (χ4n) is 2.37. The van der Waals surface area contributed by atoms with E-state index in [1.165, 1.54) is 25.9 Å². The maximum atomic E-state index is 11.8. The van der Waals surface area contributed by atoms with E-state index in [4.69, 9.17) is 0 Å². The van der Waals surface area contributed by atoms with Crippen LogP contribution in [-0.2, 0) is 4.79 Å². The lowest BCUT2D eigenvalue weighted by atomic mass is 10.3. The summed E-state index contributed by atoms with van der Waals surface area (Å²) < 4.78 is 0. The fourth-order valence-corrected chi connectivity index (χ4v) is 2.37. The predicted octanol–water partition coefficient (Wildman–Crippen LogP) is 0.929. The highest BCUT2D eigenvalue weighted by atomic mass is 16.2. The highest BCUT2D eigenvalue weighted by Crippen LogP contribution is 2.07. The van der Waals surface area contributed by atoms with Crippen molar-refractivity contribution < 1.29 is 4.79 Å². The number of rotatable bonds is 7. The number of carbonyl (C=O) groups excluding carboxylic acids is 1. The van der Waals surface area contributed by atoms with E-state index in [0.29, 0.717) is 12.6 Å². The van der Waals surface area contributed by atoms with Crippen molar-refractivity contribution in [3.05, 3.63) is 0 Å². The third-order valence-corrected chi connectivity index (χ3v) is 3.45. The first kappa shape index (κ1) is 14.5. The summed E-state index contributed by atoms with van der Waals surface area (Å²) in [6.07, 6.45) is 2.65. The first-order valence-electron chi connectivity index (χ1n) is 6.90. The van der Waals surface area contributed by atoms with Crippen molar-refractivity contribution in [2.45, 2.75) is 39.7 Å². The summed E-state index contributed by atoms with van der Waals surface area (Å²) in [5.41, 5.74) is 0. The number of nitrogens with one attached hydrogen (secondary N) is 1. The van der Waals surface area contributed by atoms with E-state index in [0.717, 1.165) is 19.6 Å². The van der Waals surface area contributed by atoms with Crippen LogP contribution in [0.25, 0.3) is 0 Å². The van der Waals surface area contributed by atoms with E-state index in [9.17, 15) is 4.79 Å². The lowest BCUT2D eigenvalue weighted by Crippen LogP contribution is -2.44. The molecule has 1 atom stereocenters. The molecule has 4 nitrogen and oxygen atoms in total. The van der Waals surface area contributed by atoms with Crippen molar-refractivity contribution in [3.8, 4) is 0 Å². The SMILES string of the molecule is CCN(CC)C(=O)CNC(C)CN1CCCC1. The molecule has 1 saturated heterocycles. The van der Waals surface area contributed by atoms with Crippen molar-refractivity contribution in [1.29, 1.82) is 0 Å². The average molecular weight is 241 g/mol. The third-order valence-electron chi connectivity index (χ3n) is 3.45. The Balaban J connectivity index is 2.17. The van der Waals surface area contributed by atoms with Gasteiger partial charge in [0, 0.05) is 25.7 Å². The minimum Gasteiger partial charge on any atom is -0.342 e.